The molecule has 3 nitrogen and oxygen atoms in total. The number of ether oxygens (including phenoxy) is 2. The van der Waals surface area contributed by atoms with Crippen LogP contribution in [0.3, 0.4) is 0 Å². The Labute approximate surface area is 118 Å². The Morgan fingerprint density at radius 1 is 1.25 bits per heavy atom. The van der Waals surface area contributed by atoms with Crippen molar-refractivity contribution in [3.8, 4) is 17.2 Å². The average molecular weight is 270 g/mol. The number of phenolic OH excluding ortho intramolecular Hbond substituents is 1. The van der Waals surface area contributed by atoms with E-state index in [0.717, 1.165) is 41.0 Å². The summed E-state index contributed by atoms with van der Waals surface area (Å²) in [4.78, 5) is 0. The fraction of sp³-hybridized carbons (Fsp3) is 0.294. The predicted molar refractivity (Wildman–Crippen MR) is 77.5 cm³/mol. The van der Waals surface area contributed by atoms with Gasteiger partial charge in [0.05, 0.1) is 7.11 Å². The molecular weight excluding hydrogens is 252 g/mol. The molecular formula is C17H18O3. The molecule has 104 valence electrons. The van der Waals surface area contributed by atoms with Crippen LogP contribution in [0.2, 0.25) is 0 Å². The zero-order chi connectivity index (χ0) is 14.1. The summed E-state index contributed by atoms with van der Waals surface area (Å²) in [5.74, 6) is 1.69. The molecule has 0 amide bonds. The van der Waals surface area contributed by atoms with Gasteiger partial charge in [0, 0.05) is 17.2 Å². The molecule has 1 aliphatic rings. The van der Waals surface area contributed by atoms with E-state index in [1.54, 1.807) is 13.2 Å². The van der Waals surface area contributed by atoms with Crippen LogP contribution in [0, 0.1) is 6.92 Å². The second kappa shape index (κ2) is 5.08. The number of methoxy groups -OCH3 is 1. The molecule has 2 aromatic carbocycles. The van der Waals surface area contributed by atoms with Crippen molar-refractivity contribution in [3.63, 3.8) is 0 Å². The first-order valence-electron chi connectivity index (χ1n) is 6.81. The van der Waals surface area contributed by atoms with Crippen molar-refractivity contribution in [1.29, 1.82) is 0 Å². The molecule has 1 atom stereocenters. The molecule has 3 heteroatoms. The van der Waals surface area contributed by atoms with Crippen molar-refractivity contribution in [2.45, 2.75) is 25.9 Å². The molecule has 20 heavy (non-hydrogen) atoms. The monoisotopic (exact) mass is 270 g/mol. The maximum atomic E-state index is 9.98. The summed E-state index contributed by atoms with van der Waals surface area (Å²) in [6.07, 6.45) is 1.84. The van der Waals surface area contributed by atoms with Crippen LogP contribution in [0.25, 0.3) is 0 Å². The van der Waals surface area contributed by atoms with Crippen LogP contribution in [0.5, 0.6) is 17.2 Å². The van der Waals surface area contributed by atoms with Crippen LogP contribution in [0.15, 0.2) is 36.4 Å². The predicted octanol–water partition coefficient (Wildman–Crippen LogP) is 3.78. The van der Waals surface area contributed by atoms with Gasteiger partial charge in [-0.25, -0.2) is 0 Å². The smallest absolute Gasteiger partial charge is 0.132 e. The fourth-order valence-corrected chi connectivity index (χ4v) is 2.78. The molecule has 1 N–H and O–H groups in total. The van der Waals surface area contributed by atoms with Gasteiger partial charge in [-0.05, 0) is 25.3 Å². The van der Waals surface area contributed by atoms with Gasteiger partial charge in [-0.15, -0.1) is 0 Å². The molecule has 1 aliphatic heterocycles. The van der Waals surface area contributed by atoms with Crippen molar-refractivity contribution in [1.82, 2.24) is 0 Å². The minimum absolute atomic E-state index is 0.0375. The Kier molecular flexibility index (Phi) is 3.26. The van der Waals surface area contributed by atoms with Gasteiger partial charge in [-0.3, -0.25) is 0 Å². The highest BCUT2D eigenvalue weighted by Crippen LogP contribution is 2.44. The van der Waals surface area contributed by atoms with Crippen molar-refractivity contribution < 1.29 is 14.6 Å². The van der Waals surface area contributed by atoms with Crippen molar-refractivity contribution in [2.75, 3.05) is 7.11 Å². The molecule has 0 fully saturated rings. The highest BCUT2D eigenvalue weighted by Gasteiger charge is 2.26. The number of hydrogen-bond donors (Lipinski definition) is 1. The lowest BCUT2D eigenvalue weighted by atomic mass is 9.95. The number of hydrogen-bond acceptors (Lipinski definition) is 3. The zero-order valence-corrected chi connectivity index (χ0v) is 11.7. The highest BCUT2D eigenvalue weighted by molar-refractivity contribution is 5.57. The van der Waals surface area contributed by atoms with Gasteiger partial charge in [0.15, 0.2) is 0 Å². The van der Waals surface area contributed by atoms with Crippen LogP contribution in [-0.2, 0) is 6.42 Å². The van der Waals surface area contributed by atoms with Gasteiger partial charge >= 0.3 is 0 Å². The topological polar surface area (TPSA) is 38.7 Å². The first-order valence-corrected chi connectivity index (χ1v) is 6.81. The van der Waals surface area contributed by atoms with Crippen LogP contribution >= 0.6 is 0 Å². The van der Waals surface area contributed by atoms with E-state index >= 15 is 0 Å². The first kappa shape index (κ1) is 12.9. The van der Waals surface area contributed by atoms with Crippen LogP contribution in [-0.4, -0.2) is 12.2 Å². The Bertz CT molecular complexity index is 620. The van der Waals surface area contributed by atoms with E-state index in [9.17, 15) is 5.11 Å². The quantitative estimate of drug-likeness (QED) is 0.902. The summed E-state index contributed by atoms with van der Waals surface area (Å²) >= 11 is 0. The average Bonchev–Trinajstić information content (AvgIpc) is 2.49. The second-order valence-corrected chi connectivity index (χ2v) is 5.09. The van der Waals surface area contributed by atoms with Crippen molar-refractivity contribution in [2.24, 2.45) is 0 Å². The van der Waals surface area contributed by atoms with Crippen LogP contribution in [0.1, 0.15) is 29.2 Å². The van der Waals surface area contributed by atoms with Crippen LogP contribution in [0.4, 0.5) is 0 Å². The maximum Gasteiger partial charge on any atom is 0.132 e. The summed E-state index contributed by atoms with van der Waals surface area (Å²) < 4.78 is 11.5. The number of phenols is 1. The highest BCUT2D eigenvalue weighted by atomic mass is 16.5. The lowest BCUT2D eigenvalue weighted by molar-refractivity contribution is 0.173. The Morgan fingerprint density at radius 2 is 2.00 bits per heavy atom. The van der Waals surface area contributed by atoms with Gasteiger partial charge in [0.25, 0.3) is 0 Å². The van der Waals surface area contributed by atoms with E-state index in [0.29, 0.717) is 0 Å². The number of fused-ring (bicyclic) bond motifs is 1. The van der Waals surface area contributed by atoms with E-state index in [-0.39, 0.29) is 11.9 Å². The number of benzene rings is 2. The molecule has 1 heterocycles. The number of rotatable bonds is 2. The first-order chi connectivity index (χ1) is 9.70. The molecule has 0 bridgehead atoms. The zero-order valence-electron chi connectivity index (χ0n) is 11.7. The maximum absolute atomic E-state index is 9.98. The minimum atomic E-state index is 0.0375. The van der Waals surface area contributed by atoms with E-state index in [1.807, 2.05) is 25.1 Å². The molecule has 0 aliphatic carbocycles. The molecule has 0 spiro atoms. The summed E-state index contributed by atoms with van der Waals surface area (Å²) in [7, 11) is 1.63. The van der Waals surface area contributed by atoms with E-state index < -0.39 is 0 Å². The van der Waals surface area contributed by atoms with E-state index in [1.165, 1.54) is 0 Å². The third-order valence-electron chi connectivity index (χ3n) is 3.87. The third-order valence-corrected chi connectivity index (χ3v) is 3.87. The summed E-state index contributed by atoms with van der Waals surface area (Å²) in [5, 5.41) is 9.98. The minimum Gasteiger partial charge on any atom is -0.507 e. The number of aromatic hydroxyl groups is 1. The van der Waals surface area contributed by atoms with E-state index in [2.05, 4.69) is 12.1 Å². The van der Waals surface area contributed by atoms with Gasteiger partial charge in [-0.1, -0.05) is 30.3 Å². The fourth-order valence-electron chi connectivity index (χ4n) is 2.78. The molecule has 1 unspecified atom stereocenters. The lowest BCUT2D eigenvalue weighted by Crippen LogP contribution is -2.16. The molecule has 0 saturated heterocycles. The van der Waals surface area contributed by atoms with Gasteiger partial charge < -0.3 is 14.6 Å². The van der Waals surface area contributed by atoms with Crippen LogP contribution < -0.4 is 9.47 Å². The Morgan fingerprint density at radius 3 is 2.70 bits per heavy atom. The van der Waals surface area contributed by atoms with Crippen molar-refractivity contribution >= 4 is 0 Å². The molecule has 3 rings (SSSR count). The summed E-state index contributed by atoms with van der Waals surface area (Å²) in [6, 6.07) is 11.9. The van der Waals surface area contributed by atoms with Gasteiger partial charge in [0.2, 0.25) is 0 Å². The van der Waals surface area contributed by atoms with E-state index in [4.69, 9.17) is 9.47 Å². The summed E-state index contributed by atoms with van der Waals surface area (Å²) in [5.41, 5.74) is 2.99. The van der Waals surface area contributed by atoms with Gasteiger partial charge in [0.1, 0.15) is 23.4 Å². The molecule has 0 radical (unpaired) electrons. The SMILES string of the molecule is COc1c(C)c(O)cc2c1CCC(c1ccccc1)O2. The molecule has 0 aromatic heterocycles. The second-order valence-electron chi connectivity index (χ2n) is 5.09. The largest absolute Gasteiger partial charge is 0.507 e. The molecule has 0 saturated carbocycles. The Hall–Kier alpha value is -2.16. The standard InChI is InChI=1S/C17H18O3/c1-11-14(18)10-16-13(17(11)19-2)8-9-15(20-16)12-6-4-3-5-7-12/h3-7,10,15,18H,8-9H2,1-2H3. The third kappa shape index (κ3) is 2.09. The van der Waals surface area contributed by atoms with Gasteiger partial charge in [-0.2, -0.15) is 0 Å². The lowest BCUT2D eigenvalue weighted by Gasteiger charge is -2.28. The normalized spacial score (nSPS) is 17.2. The Balaban J connectivity index is 1.98. The van der Waals surface area contributed by atoms with Crippen molar-refractivity contribution in [3.05, 3.63) is 53.1 Å². The summed E-state index contributed by atoms with van der Waals surface area (Å²) in [6.45, 7) is 1.86. The molecule has 2 aromatic rings.